The highest BCUT2D eigenvalue weighted by molar-refractivity contribution is 6.74. The summed E-state index contributed by atoms with van der Waals surface area (Å²) in [5.74, 6) is 3.77. The molecule has 160 valence electrons. The Kier molecular flexibility index (Phi) is 5.03. The van der Waals surface area contributed by atoms with Gasteiger partial charge in [0, 0.05) is 12.8 Å². The van der Waals surface area contributed by atoms with Crippen LogP contribution in [0, 0.1) is 34.5 Å². The van der Waals surface area contributed by atoms with E-state index in [0.717, 1.165) is 37.0 Å². The van der Waals surface area contributed by atoms with Crippen molar-refractivity contribution >= 4 is 14.1 Å². The molecule has 28 heavy (non-hydrogen) atoms. The van der Waals surface area contributed by atoms with Crippen LogP contribution >= 0.6 is 0 Å². The third kappa shape index (κ3) is 3.09. The van der Waals surface area contributed by atoms with Gasteiger partial charge >= 0.3 is 0 Å². The average molecular weight is 405 g/mol. The molecule has 2 unspecified atom stereocenters. The lowest BCUT2D eigenvalue weighted by molar-refractivity contribution is -0.141. The Morgan fingerprint density at radius 1 is 0.929 bits per heavy atom. The van der Waals surface area contributed by atoms with Crippen molar-refractivity contribution in [2.24, 2.45) is 34.5 Å². The van der Waals surface area contributed by atoms with Crippen LogP contribution in [0.3, 0.4) is 0 Å². The van der Waals surface area contributed by atoms with E-state index in [9.17, 15) is 4.79 Å². The van der Waals surface area contributed by atoms with Crippen molar-refractivity contribution in [2.75, 3.05) is 0 Å². The summed E-state index contributed by atoms with van der Waals surface area (Å²) in [7, 11) is -1.72. The summed E-state index contributed by atoms with van der Waals surface area (Å²) in [6, 6.07) is 0. The Balaban J connectivity index is 1.55. The SMILES string of the molecule is CC(C)(C)[Si](C)(C)OC1CC[C@H]2[C@@H]3CCC4CC(=O)CC[C@]4(C)[C@@H]3CC[C@]12C. The molecule has 0 amide bonds. The second-order valence-electron chi connectivity index (χ2n) is 12.9. The van der Waals surface area contributed by atoms with Gasteiger partial charge < -0.3 is 4.43 Å². The van der Waals surface area contributed by atoms with Crippen LogP contribution in [0.4, 0.5) is 0 Å². The van der Waals surface area contributed by atoms with Gasteiger partial charge in [0.15, 0.2) is 8.32 Å². The van der Waals surface area contributed by atoms with Crippen molar-refractivity contribution < 1.29 is 9.22 Å². The molecule has 4 fully saturated rings. The maximum Gasteiger partial charge on any atom is 0.192 e. The molecule has 0 aromatic rings. The first kappa shape index (κ1) is 21.1. The highest BCUT2D eigenvalue weighted by Gasteiger charge is 2.61. The molecular weight excluding hydrogens is 360 g/mol. The number of ketones is 1. The van der Waals surface area contributed by atoms with Gasteiger partial charge in [-0.2, -0.15) is 0 Å². The molecule has 0 bridgehead atoms. The van der Waals surface area contributed by atoms with Gasteiger partial charge in [0.05, 0.1) is 6.10 Å². The number of hydrogen-bond acceptors (Lipinski definition) is 2. The maximum atomic E-state index is 12.1. The lowest BCUT2D eigenvalue weighted by Gasteiger charge is -2.60. The van der Waals surface area contributed by atoms with Crippen LogP contribution in [0.1, 0.15) is 92.4 Å². The van der Waals surface area contributed by atoms with E-state index in [4.69, 9.17) is 4.43 Å². The summed E-state index contributed by atoms with van der Waals surface area (Å²) in [4.78, 5) is 12.1. The fourth-order valence-electron chi connectivity index (χ4n) is 7.72. The Hall–Kier alpha value is -0.153. The van der Waals surface area contributed by atoms with Crippen molar-refractivity contribution in [3.05, 3.63) is 0 Å². The van der Waals surface area contributed by atoms with Crippen LogP contribution in [-0.2, 0) is 9.22 Å². The summed E-state index contributed by atoms with van der Waals surface area (Å²) in [6.45, 7) is 17.1. The molecule has 0 aromatic carbocycles. The average Bonchev–Trinajstić information content (AvgIpc) is 2.91. The number of carbonyl (C=O) groups is 1. The van der Waals surface area contributed by atoms with Gasteiger partial charge in [0.25, 0.3) is 0 Å². The van der Waals surface area contributed by atoms with E-state index in [1.807, 2.05) is 0 Å². The van der Waals surface area contributed by atoms with E-state index >= 15 is 0 Å². The summed E-state index contributed by atoms with van der Waals surface area (Å²) in [5, 5.41) is 0.290. The molecule has 4 saturated carbocycles. The number of Topliss-reactive ketones (excluding diaryl/α,β-unsaturated/α-hetero) is 1. The first-order valence-electron chi connectivity index (χ1n) is 12.1. The molecule has 0 aromatic heterocycles. The standard InChI is InChI=1S/C25H44O2Si/c1-23(2,3)28(6,7)27-22-11-10-20-19-9-8-17-16-18(26)12-14-24(17,4)21(19)13-15-25(20,22)5/h17,19-22H,8-16H2,1-7H3/t17?,19-,20-,21+,22?,24-,25-/m0/s1. The van der Waals surface area contributed by atoms with Crippen molar-refractivity contribution in [1.29, 1.82) is 0 Å². The Morgan fingerprint density at radius 2 is 1.61 bits per heavy atom. The van der Waals surface area contributed by atoms with Crippen molar-refractivity contribution in [1.82, 2.24) is 0 Å². The third-order valence-electron chi connectivity index (χ3n) is 10.6. The Bertz CT molecular complexity index is 635. The molecule has 7 atom stereocenters. The minimum absolute atomic E-state index is 0.290. The van der Waals surface area contributed by atoms with E-state index in [-0.39, 0.29) is 0 Å². The minimum atomic E-state index is -1.72. The summed E-state index contributed by atoms with van der Waals surface area (Å²) in [5.41, 5.74) is 0.806. The Morgan fingerprint density at radius 3 is 2.29 bits per heavy atom. The fourth-order valence-corrected chi connectivity index (χ4v) is 9.18. The molecule has 0 radical (unpaired) electrons. The largest absolute Gasteiger partial charge is 0.413 e. The smallest absolute Gasteiger partial charge is 0.192 e. The van der Waals surface area contributed by atoms with Gasteiger partial charge in [-0.3, -0.25) is 4.79 Å². The number of carbonyl (C=O) groups excluding carboxylic acids is 1. The van der Waals surface area contributed by atoms with Crippen LogP contribution in [0.25, 0.3) is 0 Å². The Labute approximate surface area is 174 Å². The van der Waals surface area contributed by atoms with Gasteiger partial charge in [0.1, 0.15) is 5.78 Å². The summed E-state index contributed by atoms with van der Waals surface area (Å²) >= 11 is 0. The number of fused-ring (bicyclic) bond motifs is 5. The highest BCUT2D eigenvalue weighted by Crippen LogP contribution is 2.66. The van der Waals surface area contributed by atoms with Gasteiger partial charge in [0.2, 0.25) is 0 Å². The quantitative estimate of drug-likeness (QED) is 0.464. The molecule has 3 heteroatoms. The third-order valence-corrected chi connectivity index (χ3v) is 15.1. The second kappa shape index (κ2) is 6.67. The molecule has 4 aliphatic carbocycles. The predicted octanol–water partition coefficient (Wildman–Crippen LogP) is 6.99. The van der Waals surface area contributed by atoms with Crippen LogP contribution in [0.5, 0.6) is 0 Å². The molecule has 0 saturated heterocycles. The topological polar surface area (TPSA) is 26.3 Å². The summed E-state index contributed by atoms with van der Waals surface area (Å²) < 4.78 is 7.06. The lowest BCUT2D eigenvalue weighted by atomic mass is 9.45. The van der Waals surface area contributed by atoms with Gasteiger partial charge in [-0.25, -0.2) is 0 Å². The van der Waals surface area contributed by atoms with Gasteiger partial charge in [-0.15, -0.1) is 0 Å². The first-order valence-corrected chi connectivity index (χ1v) is 15.0. The predicted molar refractivity (Wildman–Crippen MR) is 119 cm³/mol. The molecule has 4 rings (SSSR count). The molecule has 0 spiro atoms. The number of rotatable bonds is 2. The zero-order valence-corrected chi connectivity index (χ0v) is 20.6. The van der Waals surface area contributed by atoms with E-state index in [1.54, 1.807) is 0 Å². The molecule has 0 N–H and O–H groups in total. The molecule has 2 nitrogen and oxygen atoms in total. The van der Waals surface area contributed by atoms with Crippen LogP contribution in [0.2, 0.25) is 18.1 Å². The van der Waals surface area contributed by atoms with Crippen molar-refractivity contribution in [3.63, 3.8) is 0 Å². The van der Waals surface area contributed by atoms with Crippen molar-refractivity contribution in [3.8, 4) is 0 Å². The van der Waals surface area contributed by atoms with E-state index < -0.39 is 8.32 Å². The van der Waals surface area contributed by atoms with E-state index in [2.05, 4.69) is 47.7 Å². The highest BCUT2D eigenvalue weighted by atomic mass is 28.4. The monoisotopic (exact) mass is 404 g/mol. The minimum Gasteiger partial charge on any atom is -0.413 e. The molecule has 4 aliphatic rings. The maximum absolute atomic E-state index is 12.1. The van der Waals surface area contributed by atoms with E-state index in [0.29, 0.717) is 33.7 Å². The second-order valence-corrected chi connectivity index (χ2v) is 17.6. The molecular formula is C25H44O2Si. The van der Waals surface area contributed by atoms with Crippen molar-refractivity contribution in [2.45, 2.75) is 117 Å². The normalized spacial score (nSPS) is 46.7. The van der Waals surface area contributed by atoms with Gasteiger partial charge in [-0.1, -0.05) is 34.6 Å². The number of hydrogen-bond donors (Lipinski definition) is 0. The first-order chi connectivity index (χ1) is 12.9. The van der Waals surface area contributed by atoms with Crippen LogP contribution in [0.15, 0.2) is 0 Å². The van der Waals surface area contributed by atoms with Crippen LogP contribution in [-0.4, -0.2) is 20.2 Å². The summed E-state index contributed by atoms with van der Waals surface area (Å²) in [6.07, 6.45) is 11.4. The zero-order chi connectivity index (χ0) is 20.5. The zero-order valence-electron chi connectivity index (χ0n) is 19.6. The molecule has 0 heterocycles. The van der Waals surface area contributed by atoms with E-state index in [1.165, 1.54) is 38.5 Å². The lowest BCUT2D eigenvalue weighted by Crippen LogP contribution is -2.55. The fraction of sp³-hybridized carbons (Fsp3) is 0.960. The van der Waals surface area contributed by atoms with Gasteiger partial charge in [-0.05, 0) is 97.6 Å². The molecule has 0 aliphatic heterocycles. The van der Waals surface area contributed by atoms with Crippen LogP contribution < -0.4 is 0 Å².